The maximum absolute atomic E-state index is 4.43. The molecule has 0 nitrogen and oxygen atoms in total. The quantitative estimate of drug-likeness (QED) is 0.510. The molecule has 0 aliphatic rings. The molecule has 0 saturated heterocycles. The van der Waals surface area contributed by atoms with Crippen molar-refractivity contribution in [1.29, 1.82) is 0 Å². The second-order valence-electron chi connectivity index (χ2n) is 2.36. The molecule has 4 heteroatoms. The molecule has 1 aromatic heterocycles. The maximum atomic E-state index is 4.43. The normalized spacial score (nSPS) is 10.9. The van der Waals surface area contributed by atoms with Crippen LogP contribution in [-0.2, 0) is 0 Å². The van der Waals surface area contributed by atoms with E-state index in [1.165, 1.54) is 13.0 Å². The van der Waals surface area contributed by atoms with Gasteiger partial charge in [0.1, 0.15) is 0 Å². The van der Waals surface area contributed by atoms with E-state index >= 15 is 0 Å². The van der Waals surface area contributed by atoms with Crippen molar-refractivity contribution in [1.82, 2.24) is 0 Å². The summed E-state index contributed by atoms with van der Waals surface area (Å²) in [5, 5.41) is 1.24. The van der Waals surface area contributed by atoms with E-state index in [4.69, 9.17) is 0 Å². The molecule has 2 rings (SSSR count). The first-order chi connectivity index (χ1) is 5.68. The smallest absolute Gasteiger partial charge is 0.0666 e. The molecule has 0 aliphatic carbocycles. The van der Waals surface area contributed by atoms with Gasteiger partial charge in [0.25, 0.3) is 0 Å². The number of thiol groups is 1. The van der Waals surface area contributed by atoms with E-state index in [2.05, 4.69) is 63.3 Å². The Morgan fingerprint density at radius 1 is 1.42 bits per heavy atom. The fourth-order valence-electron chi connectivity index (χ4n) is 1.04. The lowest BCUT2D eigenvalue weighted by atomic mass is 10.3. The SMILES string of the molecule is Sc1c(Br)ccc2sc(I)cc12. The molecule has 2 aromatic rings. The molecule has 0 saturated carbocycles. The van der Waals surface area contributed by atoms with Gasteiger partial charge in [-0.3, -0.25) is 0 Å². The van der Waals surface area contributed by atoms with Crippen LogP contribution < -0.4 is 0 Å². The number of hydrogen-bond acceptors (Lipinski definition) is 2. The predicted molar refractivity (Wildman–Crippen MR) is 69.5 cm³/mol. The summed E-state index contributed by atoms with van der Waals surface area (Å²) in [4.78, 5) is 1.03. The van der Waals surface area contributed by atoms with Crippen LogP contribution in [0, 0.1) is 2.88 Å². The van der Waals surface area contributed by atoms with Crippen molar-refractivity contribution in [2.24, 2.45) is 0 Å². The molecule has 1 aromatic carbocycles. The second kappa shape index (κ2) is 3.48. The highest BCUT2D eigenvalue weighted by atomic mass is 127. The molecule has 0 amide bonds. The zero-order chi connectivity index (χ0) is 8.72. The summed E-state index contributed by atoms with van der Waals surface area (Å²) in [6.45, 7) is 0. The van der Waals surface area contributed by atoms with Crippen LogP contribution in [0.15, 0.2) is 27.6 Å². The molecule has 0 atom stereocenters. The summed E-state index contributed by atoms with van der Waals surface area (Å²) >= 11 is 12.0. The van der Waals surface area contributed by atoms with Crippen molar-refractivity contribution in [3.8, 4) is 0 Å². The van der Waals surface area contributed by atoms with Crippen LogP contribution in [0.4, 0.5) is 0 Å². The molecule has 0 bridgehead atoms. The van der Waals surface area contributed by atoms with Gasteiger partial charge in [0.05, 0.1) is 2.88 Å². The monoisotopic (exact) mass is 370 g/mol. The zero-order valence-corrected chi connectivity index (χ0v) is 11.3. The Morgan fingerprint density at radius 3 is 2.92 bits per heavy atom. The molecule has 0 N–H and O–H groups in total. The first kappa shape index (κ1) is 9.30. The van der Waals surface area contributed by atoms with Crippen molar-refractivity contribution in [3.63, 3.8) is 0 Å². The molecule has 0 radical (unpaired) electrons. The van der Waals surface area contributed by atoms with Gasteiger partial charge < -0.3 is 0 Å². The highest BCUT2D eigenvalue weighted by Gasteiger charge is 2.04. The molecular formula is C8H4BrIS2. The first-order valence-corrected chi connectivity index (χ1v) is 6.38. The van der Waals surface area contributed by atoms with E-state index in [1.807, 2.05) is 6.07 Å². The van der Waals surface area contributed by atoms with Crippen LogP contribution in [0.5, 0.6) is 0 Å². The summed E-state index contributed by atoms with van der Waals surface area (Å²) in [6, 6.07) is 6.32. The highest BCUT2D eigenvalue weighted by molar-refractivity contribution is 14.1. The molecule has 0 spiro atoms. The lowest BCUT2D eigenvalue weighted by molar-refractivity contribution is 1.51. The van der Waals surface area contributed by atoms with Crippen molar-refractivity contribution in [2.75, 3.05) is 0 Å². The number of halogens is 2. The molecule has 0 fully saturated rings. The van der Waals surface area contributed by atoms with Crippen LogP contribution in [0.25, 0.3) is 10.1 Å². The number of hydrogen-bond donors (Lipinski definition) is 1. The second-order valence-corrected chi connectivity index (χ2v) is 6.64. The average molecular weight is 371 g/mol. The third-order valence-electron chi connectivity index (χ3n) is 1.59. The standard InChI is InChI=1S/C8H4BrIS2/c9-5-1-2-6-4(8(5)11)3-7(10)12-6/h1-3,11H. The fourth-order valence-corrected chi connectivity index (χ4v) is 3.54. The van der Waals surface area contributed by atoms with E-state index < -0.39 is 0 Å². The fraction of sp³-hybridized carbons (Fsp3) is 0. The summed E-state index contributed by atoms with van der Waals surface area (Å²) < 4.78 is 3.66. The van der Waals surface area contributed by atoms with Crippen molar-refractivity contribution in [3.05, 3.63) is 25.6 Å². The van der Waals surface area contributed by atoms with Crippen LogP contribution in [-0.4, -0.2) is 0 Å². The minimum atomic E-state index is 1.03. The third-order valence-corrected chi connectivity index (χ3v) is 4.90. The van der Waals surface area contributed by atoms with E-state index in [1.54, 1.807) is 11.3 Å². The molecule has 12 heavy (non-hydrogen) atoms. The number of rotatable bonds is 0. The Kier molecular flexibility index (Phi) is 2.69. The Labute approximate surface area is 102 Å². The molecule has 0 unspecified atom stereocenters. The summed E-state index contributed by atoms with van der Waals surface area (Å²) in [5.41, 5.74) is 0. The summed E-state index contributed by atoms with van der Waals surface area (Å²) in [6.07, 6.45) is 0. The van der Waals surface area contributed by atoms with Crippen molar-refractivity contribution < 1.29 is 0 Å². The van der Waals surface area contributed by atoms with E-state index in [0.29, 0.717) is 0 Å². The topological polar surface area (TPSA) is 0 Å². The van der Waals surface area contributed by atoms with Gasteiger partial charge in [0, 0.05) is 19.5 Å². The lowest BCUT2D eigenvalue weighted by Crippen LogP contribution is -1.69. The van der Waals surface area contributed by atoms with Crippen molar-refractivity contribution in [2.45, 2.75) is 4.90 Å². The highest BCUT2D eigenvalue weighted by Crippen LogP contribution is 2.35. The van der Waals surface area contributed by atoms with Crippen LogP contribution in [0.3, 0.4) is 0 Å². The van der Waals surface area contributed by atoms with Crippen LogP contribution >= 0.6 is 62.5 Å². The van der Waals surface area contributed by atoms with Gasteiger partial charge in [-0.2, -0.15) is 0 Å². The Morgan fingerprint density at radius 2 is 2.17 bits per heavy atom. The van der Waals surface area contributed by atoms with Gasteiger partial charge in [-0.15, -0.1) is 24.0 Å². The molecule has 62 valence electrons. The molecular weight excluding hydrogens is 367 g/mol. The lowest BCUT2D eigenvalue weighted by Gasteiger charge is -1.96. The maximum Gasteiger partial charge on any atom is 0.0666 e. The van der Waals surface area contributed by atoms with Gasteiger partial charge in [0.15, 0.2) is 0 Å². The van der Waals surface area contributed by atoms with Gasteiger partial charge in [0.2, 0.25) is 0 Å². The zero-order valence-electron chi connectivity index (χ0n) is 5.84. The Hall–Kier alpha value is 0.740. The van der Waals surface area contributed by atoms with E-state index in [0.717, 1.165) is 9.37 Å². The first-order valence-electron chi connectivity index (χ1n) is 3.25. The average Bonchev–Trinajstić information content (AvgIpc) is 2.39. The van der Waals surface area contributed by atoms with Gasteiger partial charge in [-0.1, -0.05) is 0 Å². The minimum Gasteiger partial charge on any atom is -0.142 e. The van der Waals surface area contributed by atoms with Crippen molar-refractivity contribution >= 4 is 72.6 Å². The molecule has 0 aliphatic heterocycles. The van der Waals surface area contributed by atoms with Gasteiger partial charge in [-0.05, 0) is 56.7 Å². The largest absolute Gasteiger partial charge is 0.142 e. The summed E-state index contributed by atoms with van der Waals surface area (Å²) in [5.74, 6) is 0. The number of benzene rings is 1. The Bertz CT molecular complexity index is 436. The minimum absolute atomic E-state index is 1.03. The number of fused-ring (bicyclic) bond motifs is 1. The van der Waals surface area contributed by atoms with Crippen LogP contribution in [0.1, 0.15) is 0 Å². The van der Waals surface area contributed by atoms with Crippen LogP contribution in [0.2, 0.25) is 0 Å². The van der Waals surface area contributed by atoms with E-state index in [-0.39, 0.29) is 0 Å². The predicted octanol–water partition coefficient (Wildman–Crippen LogP) is 4.56. The third kappa shape index (κ3) is 1.54. The van der Waals surface area contributed by atoms with E-state index in [9.17, 15) is 0 Å². The van der Waals surface area contributed by atoms with Gasteiger partial charge in [-0.25, -0.2) is 0 Å². The molecule has 1 heterocycles. The summed E-state index contributed by atoms with van der Waals surface area (Å²) in [7, 11) is 0. The van der Waals surface area contributed by atoms with Gasteiger partial charge >= 0.3 is 0 Å². The Balaban J connectivity index is 2.89. The number of thiophene rings is 1.